The van der Waals surface area contributed by atoms with Crippen LogP contribution in [0.2, 0.25) is 0 Å². The van der Waals surface area contributed by atoms with Crippen molar-refractivity contribution in [1.82, 2.24) is 10.2 Å². The molecule has 0 aliphatic rings. The van der Waals surface area contributed by atoms with E-state index in [-0.39, 0.29) is 0 Å². The van der Waals surface area contributed by atoms with E-state index in [0.29, 0.717) is 0 Å². The van der Waals surface area contributed by atoms with Gasteiger partial charge >= 0.3 is 0 Å². The van der Waals surface area contributed by atoms with E-state index in [1.165, 1.54) is 49.1 Å². The summed E-state index contributed by atoms with van der Waals surface area (Å²) in [6.45, 7) is 6.43. The maximum atomic E-state index is 4.19. The molecule has 0 atom stereocenters. The molecule has 0 aliphatic heterocycles. The second-order valence-electron chi connectivity index (χ2n) is 3.72. The molecule has 2 nitrogen and oxygen atoms in total. The van der Waals surface area contributed by atoms with Crippen molar-refractivity contribution in [2.24, 2.45) is 0 Å². The van der Waals surface area contributed by atoms with Crippen LogP contribution in [0.5, 0.6) is 0 Å². The number of aryl methyl sites for hydroxylation is 2. The number of hydrogen-bond donors (Lipinski definition) is 1. The summed E-state index contributed by atoms with van der Waals surface area (Å²) >= 11 is 0. The molecule has 0 aromatic carbocycles. The number of aromatic nitrogens is 2. The lowest BCUT2D eigenvalue weighted by atomic mass is 10.1. The molecule has 1 heterocycles. The fourth-order valence-corrected chi connectivity index (χ4v) is 1.67. The second-order valence-corrected chi connectivity index (χ2v) is 3.72. The van der Waals surface area contributed by atoms with E-state index in [2.05, 4.69) is 31.0 Å². The zero-order chi connectivity index (χ0) is 9.68. The summed E-state index contributed by atoms with van der Waals surface area (Å²) < 4.78 is 0. The van der Waals surface area contributed by atoms with Gasteiger partial charge < -0.3 is 0 Å². The fourth-order valence-electron chi connectivity index (χ4n) is 1.67. The van der Waals surface area contributed by atoms with Gasteiger partial charge in [0, 0.05) is 5.69 Å². The molecule has 0 bridgehead atoms. The van der Waals surface area contributed by atoms with Crippen LogP contribution in [0.25, 0.3) is 0 Å². The van der Waals surface area contributed by atoms with Gasteiger partial charge in [-0.25, -0.2) is 0 Å². The Morgan fingerprint density at radius 1 is 1.15 bits per heavy atom. The lowest BCUT2D eigenvalue weighted by Gasteiger charge is -2.00. The van der Waals surface area contributed by atoms with Crippen LogP contribution < -0.4 is 0 Å². The van der Waals surface area contributed by atoms with Crippen molar-refractivity contribution in [2.75, 3.05) is 0 Å². The lowest BCUT2D eigenvalue weighted by Crippen LogP contribution is -1.89. The van der Waals surface area contributed by atoms with Crippen molar-refractivity contribution >= 4 is 0 Å². The zero-order valence-electron chi connectivity index (χ0n) is 8.98. The number of H-pyrrole nitrogens is 1. The summed E-state index contributed by atoms with van der Waals surface area (Å²) in [4.78, 5) is 0. The molecule has 0 amide bonds. The Hall–Kier alpha value is -0.790. The molecule has 0 saturated heterocycles. The van der Waals surface area contributed by atoms with Crippen molar-refractivity contribution in [3.05, 3.63) is 17.0 Å². The number of unbranched alkanes of at least 4 members (excludes halogenated alkanes) is 3. The standard InChI is InChI=1S/C11H20N2/c1-4-5-6-7-8-11-9(2)12-13-10(11)3/h4-8H2,1-3H3,(H,12,13). The number of nitrogens with one attached hydrogen (secondary N) is 1. The van der Waals surface area contributed by atoms with Crippen LogP contribution in [0, 0.1) is 13.8 Å². The van der Waals surface area contributed by atoms with Crippen LogP contribution in [0.1, 0.15) is 49.6 Å². The van der Waals surface area contributed by atoms with Gasteiger partial charge in [0.25, 0.3) is 0 Å². The average Bonchev–Trinajstić information content (AvgIpc) is 2.42. The first-order valence-corrected chi connectivity index (χ1v) is 5.26. The molecule has 2 heteroatoms. The molecule has 1 rings (SSSR count). The summed E-state index contributed by atoms with van der Waals surface area (Å²) in [6, 6.07) is 0. The van der Waals surface area contributed by atoms with Crippen LogP contribution in [0.4, 0.5) is 0 Å². The first-order valence-electron chi connectivity index (χ1n) is 5.26. The molecular weight excluding hydrogens is 160 g/mol. The molecule has 0 saturated carbocycles. The van der Waals surface area contributed by atoms with E-state index >= 15 is 0 Å². The van der Waals surface area contributed by atoms with E-state index in [0.717, 1.165) is 0 Å². The van der Waals surface area contributed by atoms with Crippen LogP contribution in [0.15, 0.2) is 0 Å². The van der Waals surface area contributed by atoms with Gasteiger partial charge in [-0.2, -0.15) is 5.10 Å². The Morgan fingerprint density at radius 2 is 1.92 bits per heavy atom. The average molecular weight is 180 g/mol. The molecule has 0 aliphatic carbocycles. The molecule has 0 fully saturated rings. The summed E-state index contributed by atoms with van der Waals surface area (Å²) in [5.74, 6) is 0. The zero-order valence-corrected chi connectivity index (χ0v) is 8.98. The van der Waals surface area contributed by atoms with Gasteiger partial charge in [0.15, 0.2) is 0 Å². The minimum Gasteiger partial charge on any atom is -0.282 e. The molecule has 13 heavy (non-hydrogen) atoms. The highest BCUT2D eigenvalue weighted by Gasteiger charge is 2.04. The third kappa shape index (κ3) is 2.87. The molecule has 0 radical (unpaired) electrons. The number of aromatic amines is 1. The fraction of sp³-hybridized carbons (Fsp3) is 0.727. The van der Waals surface area contributed by atoms with E-state index < -0.39 is 0 Å². The van der Waals surface area contributed by atoms with Crippen molar-refractivity contribution < 1.29 is 0 Å². The van der Waals surface area contributed by atoms with Crippen molar-refractivity contribution in [3.8, 4) is 0 Å². The molecular formula is C11H20N2. The van der Waals surface area contributed by atoms with E-state index in [9.17, 15) is 0 Å². The van der Waals surface area contributed by atoms with E-state index in [1.54, 1.807) is 0 Å². The van der Waals surface area contributed by atoms with Gasteiger partial charge in [-0.05, 0) is 32.3 Å². The number of hydrogen-bond acceptors (Lipinski definition) is 1. The van der Waals surface area contributed by atoms with Crippen molar-refractivity contribution in [1.29, 1.82) is 0 Å². The van der Waals surface area contributed by atoms with Crippen LogP contribution in [0.3, 0.4) is 0 Å². The monoisotopic (exact) mass is 180 g/mol. The maximum Gasteiger partial charge on any atom is 0.0625 e. The molecule has 1 N–H and O–H groups in total. The number of nitrogens with zero attached hydrogens (tertiary/aromatic N) is 1. The highest BCUT2D eigenvalue weighted by Crippen LogP contribution is 2.13. The largest absolute Gasteiger partial charge is 0.282 e. The van der Waals surface area contributed by atoms with Gasteiger partial charge in [0.1, 0.15) is 0 Å². The van der Waals surface area contributed by atoms with Crippen molar-refractivity contribution in [2.45, 2.75) is 52.9 Å². The van der Waals surface area contributed by atoms with Gasteiger partial charge in [0.05, 0.1) is 5.69 Å². The van der Waals surface area contributed by atoms with Gasteiger partial charge in [-0.15, -0.1) is 0 Å². The minimum absolute atomic E-state index is 1.17. The molecule has 0 spiro atoms. The summed E-state index contributed by atoms with van der Waals surface area (Å²) in [5.41, 5.74) is 3.85. The lowest BCUT2D eigenvalue weighted by molar-refractivity contribution is 0.664. The Kier molecular flexibility index (Phi) is 4.00. The highest BCUT2D eigenvalue weighted by atomic mass is 15.1. The SMILES string of the molecule is CCCCCCc1c(C)n[nH]c1C. The summed E-state index contributed by atoms with van der Waals surface area (Å²) in [5, 5.41) is 7.22. The minimum atomic E-state index is 1.17. The molecule has 1 aromatic rings. The molecule has 1 aromatic heterocycles. The van der Waals surface area contributed by atoms with Crippen LogP contribution in [-0.4, -0.2) is 10.2 Å². The third-order valence-corrected chi connectivity index (χ3v) is 2.56. The quantitative estimate of drug-likeness (QED) is 0.693. The molecule has 0 unspecified atom stereocenters. The van der Waals surface area contributed by atoms with E-state index in [4.69, 9.17) is 0 Å². The summed E-state index contributed by atoms with van der Waals surface area (Å²) in [7, 11) is 0. The topological polar surface area (TPSA) is 28.7 Å². The Morgan fingerprint density at radius 3 is 2.46 bits per heavy atom. The maximum absolute atomic E-state index is 4.19. The predicted molar refractivity (Wildman–Crippen MR) is 55.9 cm³/mol. The first kappa shape index (κ1) is 10.3. The predicted octanol–water partition coefficient (Wildman–Crippen LogP) is 3.15. The smallest absolute Gasteiger partial charge is 0.0625 e. The third-order valence-electron chi connectivity index (χ3n) is 2.56. The van der Waals surface area contributed by atoms with Gasteiger partial charge in [-0.3, -0.25) is 5.10 Å². The second kappa shape index (κ2) is 5.05. The Balaban J connectivity index is 2.36. The van der Waals surface area contributed by atoms with Crippen LogP contribution >= 0.6 is 0 Å². The summed E-state index contributed by atoms with van der Waals surface area (Å²) in [6.07, 6.45) is 6.50. The van der Waals surface area contributed by atoms with Gasteiger partial charge in [0.2, 0.25) is 0 Å². The molecule has 74 valence electrons. The number of rotatable bonds is 5. The van der Waals surface area contributed by atoms with E-state index in [1.807, 2.05) is 0 Å². The Bertz CT molecular complexity index is 231. The highest BCUT2D eigenvalue weighted by molar-refractivity contribution is 5.22. The normalized spacial score (nSPS) is 10.7. The first-order chi connectivity index (χ1) is 6.25. The Labute approximate surface area is 80.7 Å². The van der Waals surface area contributed by atoms with Gasteiger partial charge in [-0.1, -0.05) is 26.2 Å². The van der Waals surface area contributed by atoms with Crippen LogP contribution in [-0.2, 0) is 6.42 Å². The van der Waals surface area contributed by atoms with Crippen molar-refractivity contribution in [3.63, 3.8) is 0 Å².